The van der Waals surface area contributed by atoms with Gasteiger partial charge in [0.05, 0.1) is 16.4 Å². The van der Waals surface area contributed by atoms with E-state index in [0.717, 1.165) is 29.0 Å². The van der Waals surface area contributed by atoms with Crippen molar-refractivity contribution in [2.24, 2.45) is 5.73 Å². The number of hydrogen-bond donors (Lipinski definition) is 1. The smallest absolute Gasteiger partial charge is 0.137 e. The molecule has 0 aliphatic heterocycles. The number of rotatable bonds is 3. The van der Waals surface area contributed by atoms with E-state index in [4.69, 9.17) is 22.3 Å². The van der Waals surface area contributed by atoms with Crippen LogP contribution in [0.2, 0.25) is 5.02 Å². The van der Waals surface area contributed by atoms with Gasteiger partial charge < -0.3 is 10.1 Å². The summed E-state index contributed by atoms with van der Waals surface area (Å²) in [6, 6.07) is 10.2. The van der Waals surface area contributed by atoms with E-state index in [1.807, 2.05) is 22.7 Å². The van der Waals surface area contributed by atoms with Crippen LogP contribution in [0.15, 0.2) is 36.5 Å². The number of pyridine rings is 1. The van der Waals surface area contributed by atoms with E-state index in [-0.39, 0.29) is 0 Å². The van der Waals surface area contributed by atoms with Crippen molar-refractivity contribution in [3.8, 4) is 11.3 Å². The molecule has 0 unspecified atom stereocenters. The maximum Gasteiger partial charge on any atom is 0.137 e. The number of aromatic nitrogens is 2. The number of nitrogens with two attached hydrogens (primary N) is 1. The van der Waals surface area contributed by atoms with Gasteiger partial charge >= 0.3 is 0 Å². The Morgan fingerprint density at radius 2 is 2.00 bits per heavy atom. The van der Waals surface area contributed by atoms with Crippen molar-refractivity contribution in [2.45, 2.75) is 20.3 Å². The number of hydrogen-bond acceptors (Lipinski definition) is 2. The quantitative estimate of drug-likeness (QED) is 0.800. The van der Waals surface area contributed by atoms with Crippen LogP contribution >= 0.6 is 11.6 Å². The maximum absolute atomic E-state index is 6.12. The molecule has 0 radical (unpaired) electrons. The molecule has 0 saturated carbocycles. The van der Waals surface area contributed by atoms with Crippen LogP contribution in [0.1, 0.15) is 16.8 Å². The zero-order valence-electron chi connectivity index (χ0n) is 12.2. The van der Waals surface area contributed by atoms with Crippen LogP contribution in [0.25, 0.3) is 16.9 Å². The molecule has 4 heteroatoms. The zero-order chi connectivity index (χ0) is 15.0. The lowest BCUT2D eigenvalue weighted by Crippen LogP contribution is -2.06. The molecule has 1 aromatic carbocycles. The van der Waals surface area contributed by atoms with Gasteiger partial charge in [0.1, 0.15) is 5.65 Å². The Morgan fingerprint density at radius 1 is 1.19 bits per heavy atom. The molecule has 0 saturated heterocycles. The topological polar surface area (TPSA) is 43.3 Å². The van der Waals surface area contributed by atoms with E-state index in [1.54, 1.807) is 0 Å². The molecule has 3 nitrogen and oxygen atoms in total. The minimum absolute atomic E-state index is 0.582. The lowest BCUT2D eigenvalue weighted by atomic mass is 10.0. The fourth-order valence-corrected chi connectivity index (χ4v) is 2.90. The molecular formula is C17H18ClN3. The summed E-state index contributed by atoms with van der Waals surface area (Å²) >= 11 is 6.12. The van der Waals surface area contributed by atoms with Crippen molar-refractivity contribution in [1.82, 2.24) is 9.38 Å². The highest BCUT2D eigenvalue weighted by atomic mass is 35.5. The number of aryl methyl sites for hydroxylation is 2. The average Bonchev–Trinajstić information content (AvgIpc) is 2.78. The molecule has 0 spiro atoms. The van der Waals surface area contributed by atoms with Crippen molar-refractivity contribution < 1.29 is 0 Å². The van der Waals surface area contributed by atoms with Gasteiger partial charge in [-0.2, -0.15) is 0 Å². The molecule has 3 aromatic rings. The fraction of sp³-hybridized carbons (Fsp3) is 0.235. The van der Waals surface area contributed by atoms with Crippen LogP contribution in [0, 0.1) is 13.8 Å². The SMILES string of the molecule is Cc1ccc(-c2nc3ccc(Cl)cn3c2CCN)c(C)c1. The molecule has 0 fully saturated rings. The van der Waals surface area contributed by atoms with E-state index in [2.05, 4.69) is 32.0 Å². The first-order valence-electron chi connectivity index (χ1n) is 7.04. The third kappa shape index (κ3) is 2.55. The maximum atomic E-state index is 6.12. The summed E-state index contributed by atoms with van der Waals surface area (Å²) in [5, 5.41) is 0.699. The summed E-state index contributed by atoms with van der Waals surface area (Å²) in [4.78, 5) is 4.78. The van der Waals surface area contributed by atoms with E-state index >= 15 is 0 Å². The third-order valence-electron chi connectivity index (χ3n) is 3.70. The highest BCUT2D eigenvalue weighted by Crippen LogP contribution is 2.29. The summed E-state index contributed by atoms with van der Waals surface area (Å²) in [5.74, 6) is 0. The Balaban J connectivity index is 2.28. The fourth-order valence-electron chi connectivity index (χ4n) is 2.74. The predicted octanol–water partition coefficient (Wildman–Crippen LogP) is 3.77. The summed E-state index contributed by atoms with van der Waals surface area (Å²) in [6.07, 6.45) is 2.67. The van der Waals surface area contributed by atoms with E-state index in [9.17, 15) is 0 Å². The minimum Gasteiger partial charge on any atom is -0.330 e. The van der Waals surface area contributed by atoms with Gasteiger partial charge in [-0.05, 0) is 38.1 Å². The zero-order valence-corrected chi connectivity index (χ0v) is 13.0. The van der Waals surface area contributed by atoms with E-state index < -0.39 is 0 Å². The average molecular weight is 300 g/mol. The molecule has 0 aliphatic carbocycles. The summed E-state index contributed by atoms with van der Waals surface area (Å²) in [5.41, 5.74) is 12.4. The summed E-state index contributed by atoms with van der Waals surface area (Å²) in [6.45, 7) is 4.80. The molecule has 21 heavy (non-hydrogen) atoms. The Morgan fingerprint density at radius 3 is 2.71 bits per heavy atom. The largest absolute Gasteiger partial charge is 0.330 e. The van der Waals surface area contributed by atoms with Gasteiger partial charge in [0.15, 0.2) is 0 Å². The molecule has 0 aliphatic rings. The Kier molecular flexibility index (Phi) is 3.70. The van der Waals surface area contributed by atoms with E-state index in [1.165, 1.54) is 11.1 Å². The monoisotopic (exact) mass is 299 g/mol. The Bertz CT molecular complexity index is 805. The van der Waals surface area contributed by atoms with Crippen LogP contribution < -0.4 is 5.73 Å². The third-order valence-corrected chi connectivity index (χ3v) is 3.92. The molecule has 108 valence electrons. The molecule has 3 rings (SSSR count). The predicted molar refractivity (Wildman–Crippen MR) is 87.9 cm³/mol. The molecule has 2 aromatic heterocycles. The van der Waals surface area contributed by atoms with Gasteiger partial charge in [-0.3, -0.25) is 0 Å². The first kappa shape index (κ1) is 14.1. The molecule has 2 heterocycles. The summed E-state index contributed by atoms with van der Waals surface area (Å²) in [7, 11) is 0. The Labute approximate surface area is 129 Å². The lowest BCUT2D eigenvalue weighted by Gasteiger charge is -2.07. The minimum atomic E-state index is 0.582. The van der Waals surface area contributed by atoms with Gasteiger partial charge in [0.25, 0.3) is 0 Å². The second kappa shape index (κ2) is 5.51. The molecular weight excluding hydrogens is 282 g/mol. The van der Waals surface area contributed by atoms with Crippen molar-refractivity contribution >= 4 is 17.2 Å². The Hall–Kier alpha value is -1.84. The van der Waals surface area contributed by atoms with Crippen molar-refractivity contribution in [3.63, 3.8) is 0 Å². The van der Waals surface area contributed by atoms with Crippen LogP contribution in [0.3, 0.4) is 0 Å². The molecule has 2 N–H and O–H groups in total. The number of imidazole rings is 1. The first-order chi connectivity index (χ1) is 10.1. The molecule has 0 atom stereocenters. The van der Waals surface area contributed by atoms with Crippen LogP contribution in [0.4, 0.5) is 0 Å². The second-order valence-corrected chi connectivity index (χ2v) is 5.78. The van der Waals surface area contributed by atoms with Gasteiger partial charge in [0.2, 0.25) is 0 Å². The highest BCUT2D eigenvalue weighted by Gasteiger charge is 2.15. The number of fused-ring (bicyclic) bond motifs is 1. The molecule has 0 bridgehead atoms. The highest BCUT2D eigenvalue weighted by molar-refractivity contribution is 6.30. The lowest BCUT2D eigenvalue weighted by molar-refractivity contribution is 0.907. The molecule has 0 amide bonds. The van der Waals surface area contributed by atoms with Gasteiger partial charge in [0, 0.05) is 18.2 Å². The number of nitrogens with zero attached hydrogens (tertiary/aromatic N) is 2. The van der Waals surface area contributed by atoms with Crippen molar-refractivity contribution in [2.75, 3.05) is 6.54 Å². The van der Waals surface area contributed by atoms with Gasteiger partial charge in [-0.1, -0.05) is 35.4 Å². The van der Waals surface area contributed by atoms with E-state index in [0.29, 0.717) is 11.6 Å². The van der Waals surface area contributed by atoms with Crippen LogP contribution in [0.5, 0.6) is 0 Å². The van der Waals surface area contributed by atoms with Crippen molar-refractivity contribution in [3.05, 3.63) is 58.4 Å². The van der Waals surface area contributed by atoms with Gasteiger partial charge in [-0.15, -0.1) is 0 Å². The van der Waals surface area contributed by atoms with Crippen LogP contribution in [-0.4, -0.2) is 15.9 Å². The number of benzene rings is 1. The summed E-state index contributed by atoms with van der Waals surface area (Å²) < 4.78 is 2.05. The standard InChI is InChI=1S/C17H18ClN3/c1-11-3-5-14(12(2)9-11)17-15(7-8-19)21-10-13(18)4-6-16(21)20-17/h3-6,9-10H,7-8,19H2,1-2H3. The number of halogens is 1. The van der Waals surface area contributed by atoms with Crippen LogP contribution in [-0.2, 0) is 6.42 Å². The van der Waals surface area contributed by atoms with Crippen molar-refractivity contribution in [1.29, 1.82) is 0 Å². The normalized spacial score (nSPS) is 11.2. The second-order valence-electron chi connectivity index (χ2n) is 5.34. The van der Waals surface area contributed by atoms with Gasteiger partial charge in [-0.25, -0.2) is 4.98 Å². The first-order valence-corrected chi connectivity index (χ1v) is 7.42.